The molecule has 2 aromatic carbocycles. The summed E-state index contributed by atoms with van der Waals surface area (Å²) < 4.78 is 21.2. The predicted molar refractivity (Wildman–Crippen MR) is 110 cm³/mol. The maximum absolute atomic E-state index is 12.3. The van der Waals surface area contributed by atoms with Crippen molar-refractivity contribution in [3.8, 4) is 11.5 Å². The molecule has 0 heterocycles. The first-order valence-corrected chi connectivity index (χ1v) is 9.94. The van der Waals surface area contributed by atoms with Gasteiger partial charge < -0.3 is 18.9 Å². The van der Waals surface area contributed by atoms with E-state index in [0.717, 1.165) is 25.0 Å². The number of benzene rings is 2. The normalized spacial score (nSPS) is 10.4. The summed E-state index contributed by atoms with van der Waals surface area (Å²) in [6.07, 6.45) is 3.29. The van der Waals surface area contributed by atoms with Gasteiger partial charge >= 0.3 is 11.9 Å². The van der Waals surface area contributed by atoms with E-state index >= 15 is 0 Å². The van der Waals surface area contributed by atoms with Crippen LogP contribution in [0.3, 0.4) is 0 Å². The summed E-state index contributed by atoms with van der Waals surface area (Å²) >= 11 is 0. The lowest BCUT2D eigenvalue weighted by atomic mass is 10.2. The molecule has 0 fully saturated rings. The van der Waals surface area contributed by atoms with Gasteiger partial charge in [-0.05, 0) is 61.9 Å². The molecule has 0 atom stereocenters. The van der Waals surface area contributed by atoms with E-state index < -0.39 is 11.9 Å². The smallest absolute Gasteiger partial charge is 0.343 e. The van der Waals surface area contributed by atoms with E-state index in [1.54, 1.807) is 48.5 Å². The third kappa shape index (κ3) is 7.95. The van der Waals surface area contributed by atoms with Crippen LogP contribution in [0.2, 0.25) is 0 Å². The van der Waals surface area contributed by atoms with Crippen LogP contribution in [0.15, 0.2) is 48.5 Å². The summed E-state index contributed by atoms with van der Waals surface area (Å²) in [6, 6.07) is 13.1. The lowest BCUT2D eigenvalue weighted by Gasteiger charge is -2.08. The van der Waals surface area contributed by atoms with E-state index in [4.69, 9.17) is 18.9 Å². The Bertz CT molecular complexity index is 752. The summed E-state index contributed by atoms with van der Waals surface area (Å²) in [6.45, 7) is 5.81. The van der Waals surface area contributed by atoms with Gasteiger partial charge in [0.05, 0.1) is 24.3 Å². The van der Waals surface area contributed by atoms with Gasteiger partial charge in [0, 0.05) is 6.61 Å². The average Bonchev–Trinajstić information content (AvgIpc) is 2.75. The number of hydrogen-bond acceptors (Lipinski definition) is 6. The Labute approximate surface area is 171 Å². The zero-order valence-electron chi connectivity index (χ0n) is 17.0. The van der Waals surface area contributed by atoms with Gasteiger partial charge in [-0.3, -0.25) is 0 Å². The zero-order valence-corrected chi connectivity index (χ0v) is 17.0. The quantitative estimate of drug-likeness (QED) is 0.293. The van der Waals surface area contributed by atoms with Gasteiger partial charge in [-0.1, -0.05) is 19.8 Å². The molecule has 2 aromatic rings. The minimum absolute atomic E-state index is 0.196. The lowest BCUT2D eigenvalue weighted by Crippen LogP contribution is -2.11. The monoisotopic (exact) mass is 400 g/mol. The fourth-order valence-corrected chi connectivity index (χ4v) is 2.48. The van der Waals surface area contributed by atoms with Crippen LogP contribution in [-0.4, -0.2) is 38.4 Å². The Hall–Kier alpha value is -2.86. The average molecular weight is 400 g/mol. The highest BCUT2D eigenvalue weighted by Gasteiger charge is 2.11. The Kier molecular flexibility index (Phi) is 9.72. The van der Waals surface area contributed by atoms with E-state index in [0.29, 0.717) is 36.7 Å². The third-order valence-electron chi connectivity index (χ3n) is 4.07. The molecule has 0 saturated heterocycles. The molecule has 6 nitrogen and oxygen atoms in total. The SMILES string of the molecule is CCCCCOc1ccc(C(=O)Oc2ccc(C(=O)OCCOCC)cc2)cc1. The molecule has 0 saturated carbocycles. The standard InChI is InChI=1S/C23H28O6/c1-3-5-6-15-27-20-11-7-19(8-12-20)23(25)29-21-13-9-18(10-14-21)22(24)28-17-16-26-4-2/h7-14H,3-6,15-17H2,1-2H3. The highest BCUT2D eigenvalue weighted by atomic mass is 16.6. The number of carbonyl (C=O) groups is 2. The third-order valence-corrected chi connectivity index (χ3v) is 4.07. The second-order valence-corrected chi connectivity index (χ2v) is 6.33. The number of unbranched alkanes of at least 4 members (excludes halogenated alkanes) is 2. The molecular weight excluding hydrogens is 372 g/mol. The van der Waals surface area contributed by atoms with Crippen molar-refractivity contribution in [2.75, 3.05) is 26.4 Å². The molecule has 0 amide bonds. The zero-order chi connectivity index (χ0) is 20.9. The Balaban J connectivity index is 1.83. The molecule has 2 rings (SSSR count). The van der Waals surface area contributed by atoms with Crippen molar-refractivity contribution in [1.82, 2.24) is 0 Å². The van der Waals surface area contributed by atoms with Crippen molar-refractivity contribution in [1.29, 1.82) is 0 Å². The maximum atomic E-state index is 12.3. The van der Waals surface area contributed by atoms with Crippen LogP contribution in [0, 0.1) is 0 Å². The highest BCUT2D eigenvalue weighted by molar-refractivity contribution is 5.92. The first-order chi connectivity index (χ1) is 14.1. The van der Waals surface area contributed by atoms with Gasteiger partial charge in [-0.2, -0.15) is 0 Å². The van der Waals surface area contributed by atoms with Gasteiger partial charge in [0.15, 0.2) is 0 Å². The van der Waals surface area contributed by atoms with Gasteiger partial charge in [-0.25, -0.2) is 9.59 Å². The van der Waals surface area contributed by atoms with E-state index in [1.807, 2.05) is 6.92 Å². The van der Waals surface area contributed by atoms with Crippen LogP contribution >= 0.6 is 0 Å². The minimum Gasteiger partial charge on any atom is -0.494 e. The molecule has 0 aliphatic carbocycles. The number of ether oxygens (including phenoxy) is 4. The van der Waals surface area contributed by atoms with Crippen LogP contribution in [0.4, 0.5) is 0 Å². The maximum Gasteiger partial charge on any atom is 0.343 e. The molecule has 156 valence electrons. The first kappa shape index (κ1) is 22.4. The van der Waals surface area contributed by atoms with E-state index in [2.05, 4.69) is 6.92 Å². The van der Waals surface area contributed by atoms with Crippen LogP contribution in [-0.2, 0) is 9.47 Å². The fourth-order valence-electron chi connectivity index (χ4n) is 2.48. The van der Waals surface area contributed by atoms with Crippen LogP contribution in [0.25, 0.3) is 0 Å². The number of carbonyl (C=O) groups excluding carboxylic acids is 2. The van der Waals surface area contributed by atoms with Crippen molar-refractivity contribution in [2.24, 2.45) is 0 Å². The Morgan fingerprint density at radius 2 is 1.34 bits per heavy atom. The Morgan fingerprint density at radius 1 is 0.724 bits per heavy atom. The molecule has 0 aliphatic rings. The van der Waals surface area contributed by atoms with Gasteiger partial charge in [-0.15, -0.1) is 0 Å². The minimum atomic E-state index is -0.477. The highest BCUT2D eigenvalue weighted by Crippen LogP contribution is 2.17. The van der Waals surface area contributed by atoms with Crippen LogP contribution in [0.5, 0.6) is 11.5 Å². The van der Waals surface area contributed by atoms with Crippen molar-refractivity contribution in [3.05, 3.63) is 59.7 Å². The number of esters is 2. The van der Waals surface area contributed by atoms with Gasteiger partial charge in [0.25, 0.3) is 0 Å². The van der Waals surface area contributed by atoms with E-state index in [9.17, 15) is 9.59 Å². The van der Waals surface area contributed by atoms with Crippen molar-refractivity contribution in [2.45, 2.75) is 33.1 Å². The van der Waals surface area contributed by atoms with Gasteiger partial charge in [0.2, 0.25) is 0 Å². The molecule has 29 heavy (non-hydrogen) atoms. The number of rotatable bonds is 12. The molecule has 0 radical (unpaired) electrons. The van der Waals surface area contributed by atoms with Crippen molar-refractivity contribution < 1.29 is 28.5 Å². The molecule has 0 aromatic heterocycles. The fraction of sp³-hybridized carbons (Fsp3) is 0.391. The van der Waals surface area contributed by atoms with Crippen LogP contribution < -0.4 is 9.47 Å². The second-order valence-electron chi connectivity index (χ2n) is 6.33. The molecule has 0 unspecified atom stereocenters. The lowest BCUT2D eigenvalue weighted by molar-refractivity contribution is 0.0335. The first-order valence-electron chi connectivity index (χ1n) is 9.94. The summed E-state index contributed by atoms with van der Waals surface area (Å²) in [4.78, 5) is 24.2. The van der Waals surface area contributed by atoms with Crippen molar-refractivity contribution >= 4 is 11.9 Å². The van der Waals surface area contributed by atoms with E-state index in [1.165, 1.54) is 0 Å². The Morgan fingerprint density at radius 3 is 1.97 bits per heavy atom. The molecule has 0 aliphatic heterocycles. The molecule has 0 spiro atoms. The van der Waals surface area contributed by atoms with Crippen molar-refractivity contribution in [3.63, 3.8) is 0 Å². The predicted octanol–water partition coefficient (Wildman–Crippen LogP) is 4.67. The number of hydrogen-bond donors (Lipinski definition) is 0. The summed E-state index contributed by atoms with van der Waals surface area (Å²) in [5.41, 5.74) is 0.802. The topological polar surface area (TPSA) is 71.1 Å². The van der Waals surface area contributed by atoms with Crippen LogP contribution in [0.1, 0.15) is 53.8 Å². The molecular formula is C23H28O6. The summed E-state index contributed by atoms with van der Waals surface area (Å²) in [5, 5.41) is 0. The molecule has 0 bridgehead atoms. The van der Waals surface area contributed by atoms with Gasteiger partial charge in [0.1, 0.15) is 18.1 Å². The molecule has 6 heteroatoms. The second kappa shape index (κ2) is 12.6. The largest absolute Gasteiger partial charge is 0.494 e. The molecule has 0 N–H and O–H groups in total. The summed E-state index contributed by atoms with van der Waals surface area (Å²) in [7, 11) is 0. The van der Waals surface area contributed by atoms with E-state index in [-0.39, 0.29) is 6.61 Å². The summed E-state index contributed by atoms with van der Waals surface area (Å²) in [5.74, 6) is 0.150.